The third kappa shape index (κ3) is 3.98. The molecule has 0 bridgehead atoms. The Balaban J connectivity index is 4.08. The fraction of sp³-hybridized carbons (Fsp3) is 1.00. The first-order valence-electron chi connectivity index (χ1n) is 3.36. The average molecular weight is 199 g/mol. The molecule has 6 nitrogen and oxygen atoms in total. The SMILES string of the molecule is CC(NC(CO)CO)S(=O)(=O)O. The molecule has 0 fully saturated rings. The lowest BCUT2D eigenvalue weighted by Gasteiger charge is -2.17. The van der Waals surface area contributed by atoms with E-state index in [1.54, 1.807) is 0 Å². The van der Waals surface area contributed by atoms with Crippen LogP contribution in [0.2, 0.25) is 0 Å². The molecule has 0 saturated heterocycles. The number of aliphatic hydroxyl groups is 2. The summed E-state index contributed by atoms with van der Waals surface area (Å²) >= 11 is 0. The second kappa shape index (κ2) is 4.73. The highest BCUT2D eigenvalue weighted by atomic mass is 32.2. The molecular formula is C5H13NO5S. The van der Waals surface area contributed by atoms with Gasteiger partial charge in [-0.25, -0.2) is 0 Å². The molecule has 0 saturated carbocycles. The van der Waals surface area contributed by atoms with Crippen LogP contribution in [0.25, 0.3) is 0 Å². The third-order valence-corrected chi connectivity index (χ3v) is 2.39. The van der Waals surface area contributed by atoms with E-state index in [0.29, 0.717) is 0 Å². The monoisotopic (exact) mass is 199 g/mol. The van der Waals surface area contributed by atoms with E-state index in [0.717, 1.165) is 0 Å². The average Bonchev–Trinajstić information content (AvgIpc) is 1.97. The first-order valence-corrected chi connectivity index (χ1v) is 4.86. The summed E-state index contributed by atoms with van der Waals surface area (Å²) in [5, 5.41) is 18.2. The van der Waals surface area contributed by atoms with Crippen molar-refractivity contribution in [3.8, 4) is 0 Å². The highest BCUT2D eigenvalue weighted by Gasteiger charge is 2.19. The maximum absolute atomic E-state index is 10.4. The summed E-state index contributed by atoms with van der Waals surface area (Å²) in [6.07, 6.45) is 0. The summed E-state index contributed by atoms with van der Waals surface area (Å²) in [6, 6.07) is -0.734. The van der Waals surface area contributed by atoms with E-state index in [9.17, 15) is 8.42 Å². The van der Waals surface area contributed by atoms with Crippen LogP contribution < -0.4 is 5.32 Å². The topological polar surface area (TPSA) is 107 Å². The Morgan fingerprint density at radius 1 is 1.33 bits per heavy atom. The van der Waals surface area contributed by atoms with Gasteiger partial charge in [0.15, 0.2) is 0 Å². The van der Waals surface area contributed by atoms with Gasteiger partial charge in [0.1, 0.15) is 5.37 Å². The highest BCUT2D eigenvalue weighted by Crippen LogP contribution is 1.94. The molecule has 0 aromatic heterocycles. The number of aliphatic hydroxyl groups excluding tert-OH is 2. The van der Waals surface area contributed by atoms with Gasteiger partial charge in [0.2, 0.25) is 0 Å². The Kier molecular flexibility index (Phi) is 4.64. The molecule has 0 aliphatic rings. The van der Waals surface area contributed by atoms with Crippen LogP contribution in [0.5, 0.6) is 0 Å². The predicted octanol–water partition coefficient (Wildman–Crippen LogP) is -1.84. The molecule has 4 N–H and O–H groups in total. The maximum atomic E-state index is 10.4. The number of hydrogen-bond acceptors (Lipinski definition) is 5. The zero-order valence-corrected chi connectivity index (χ0v) is 7.45. The van der Waals surface area contributed by atoms with E-state index in [1.807, 2.05) is 0 Å². The first-order chi connectivity index (χ1) is 5.41. The molecule has 0 aromatic rings. The maximum Gasteiger partial charge on any atom is 0.280 e. The fourth-order valence-electron chi connectivity index (χ4n) is 0.581. The number of rotatable bonds is 5. The van der Waals surface area contributed by atoms with Crippen molar-refractivity contribution >= 4 is 10.1 Å². The second-order valence-electron chi connectivity index (χ2n) is 2.39. The van der Waals surface area contributed by atoms with E-state index in [-0.39, 0.29) is 0 Å². The quantitative estimate of drug-likeness (QED) is 0.388. The number of nitrogens with one attached hydrogen (secondary N) is 1. The van der Waals surface area contributed by atoms with Gasteiger partial charge in [0, 0.05) is 0 Å². The minimum Gasteiger partial charge on any atom is -0.395 e. The molecule has 0 spiro atoms. The molecule has 7 heteroatoms. The molecular weight excluding hydrogens is 186 g/mol. The lowest BCUT2D eigenvalue weighted by molar-refractivity contribution is 0.169. The Morgan fingerprint density at radius 2 is 1.75 bits per heavy atom. The van der Waals surface area contributed by atoms with Gasteiger partial charge in [0.05, 0.1) is 19.3 Å². The van der Waals surface area contributed by atoms with Crippen molar-refractivity contribution in [3.05, 3.63) is 0 Å². The van der Waals surface area contributed by atoms with Crippen LogP contribution in [0.3, 0.4) is 0 Å². The van der Waals surface area contributed by atoms with Crippen LogP contribution in [-0.4, -0.2) is 47.8 Å². The summed E-state index contributed by atoms with van der Waals surface area (Å²) in [7, 11) is -4.15. The summed E-state index contributed by atoms with van der Waals surface area (Å²) in [6.45, 7) is 0.431. The molecule has 12 heavy (non-hydrogen) atoms. The van der Waals surface area contributed by atoms with Crippen molar-refractivity contribution in [2.75, 3.05) is 13.2 Å². The lowest BCUT2D eigenvalue weighted by atomic mass is 10.3. The van der Waals surface area contributed by atoms with Crippen molar-refractivity contribution in [2.45, 2.75) is 18.3 Å². The molecule has 0 rings (SSSR count). The predicted molar refractivity (Wildman–Crippen MR) is 42.1 cm³/mol. The van der Waals surface area contributed by atoms with Crippen LogP contribution in [0.1, 0.15) is 6.92 Å². The first kappa shape index (κ1) is 11.8. The molecule has 0 aliphatic carbocycles. The molecule has 1 unspecified atom stereocenters. The van der Waals surface area contributed by atoms with Crippen molar-refractivity contribution in [1.82, 2.24) is 5.32 Å². The summed E-state index contributed by atoms with van der Waals surface area (Å²) in [4.78, 5) is 0. The normalized spacial score (nSPS) is 15.1. The smallest absolute Gasteiger partial charge is 0.280 e. The summed E-state index contributed by atoms with van der Waals surface area (Å²) in [5.74, 6) is 0. The van der Waals surface area contributed by atoms with Crippen molar-refractivity contribution in [3.63, 3.8) is 0 Å². The molecule has 0 amide bonds. The molecule has 74 valence electrons. The van der Waals surface area contributed by atoms with E-state index in [4.69, 9.17) is 14.8 Å². The van der Waals surface area contributed by atoms with E-state index in [2.05, 4.69) is 5.32 Å². The largest absolute Gasteiger partial charge is 0.395 e. The van der Waals surface area contributed by atoms with Crippen LogP contribution in [0, 0.1) is 0 Å². The van der Waals surface area contributed by atoms with Crippen LogP contribution in [0.15, 0.2) is 0 Å². The van der Waals surface area contributed by atoms with Crippen LogP contribution in [-0.2, 0) is 10.1 Å². The molecule has 1 atom stereocenters. The Bertz CT molecular complexity index is 210. The third-order valence-electron chi connectivity index (χ3n) is 1.36. The second-order valence-corrected chi connectivity index (χ2v) is 4.12. The zero-order valence-electron chi connectivity index (χ0n) is 6.64. The van der Waals surface area contributed by atoms with Crippen LogP contribution in [0.4, 0.5) is 0 Å². The van der Waals surface area contributed by atoms with Crippen LogP contribution >= 0.6 is 0 Å². The van der Waals surface area contributed by atoms with Crippen molar-refractivity contribution < 1.29 is 23.2 Å². The van der Waals surface area contributed by atoms with E-state index in [1.165, 1.54) is 6.92 Å². The Labute approximate surface area is 71.0 Å². The van der Waals surface area contributed by atoms with E-state index < -0.39 is 34.7 Å². The standard InChI is InChI=1S/C5H13NO5S/c1-4(12(9,10)11)6-5(2-7)3-8/h4-8H,2-3H2,1H3,(H,9,10,11). The summed E-state index contributed by atoms with van der Waals surface area (Å²) < 4.78 is 29.3. The van der Waals surface area contributed by atoms with Gasteiger partial charge < -0.3 is 10.2 Å². The molecule has 0 radical (unpaired) electrons. The molecule has 0 heterocycles. The van der Waals surface area contributed by atoms with Crippen molar-refractivity contribution in [2.24, 2.45) is 0 Å². The van der Waals surface area contributed by atoms with Gasteiger partial charge in [-0.2, -0.15) is 8.42 Å². The fourth-order valence-corrected chi connectivity index (χ4v) is 0.945. The van der Waals surface area contributed by atoms with Crippen molar-refractivity contribution in [1.29, 1.82) is 0 Å². The highest BCUT2D eigenvalue weighted by molar-refractivity contribution is 7.86. The van der Waals surface area contributed by atoms with Gasteiger partial charge in [-0.05, 0) is 6.92 Å². The minimum absolute atomic E-state index is 0.392. The molecule has 0 aromatic carbocycles. The summed E-state index contributed by atoms with van der Waals surface area (Å²) in [5.41, 5.74) is 0. The minimum atomic E-state index is -4.15. The Hall–Kier alpha value is -0.210. The van der Waals surface area contributed by atoms with Gasteiger partial charge in [0.25, 0.3) is 10.1 Å². The number of hydrogen-bond donors (Lipinski definition) is 4. The lowest BCUT2D eigenvalue weighted by Crippen LogP contribution is -2.44. The van der Waals surface area contributed by atoms with Gasteiger partial charge in [-0.3, -0.25) is 9.87 Å². The van der Waals surface area contributed by atoms with Gasteiger partial charge in [-0.1, -0.05) is 0 Å². The van der Waals surface area contributed by atoms with Gasteiger partial charge in [-0.15, -0.1) is 0 Å². The van der Waals surface area contributed by atoms with E-state index >= 15 is 0 Å². The van der Waals surface area contributed by atoms with Gasteiger partial charge >= 0.3 is 0 Å². The molecule has 0 aliphatic heterocycles. The Morgan fingerprint density at radius 3 is 2.00 bits per heavy atom. The zero-order chi connectivity index (χ0) is 9.78.